The maximum absolute atomic E-state index is 9.82. The average Bonchev–Trinajstić information content (AvgIpc) is 2.43. The van der Waals surface area contributed by atoms with Crippen LogP contribution < -0.4 is 15.3 Å². The van der Waals surface area contributed by atoms with Crippen molar-refractivity contribution < 1.29 is 51.1 Å². The molecule has 0 saturated heterocycles. The molecule has 0 atom stereocenters. The summed E-state index contributed by atoms with van der Waals surface area (Å²) in [5.41, 5.74) is 0. The predicted molar refractivity (Wildman–Crippen MR) is 81.6 cm³/mol. The third-order valence-electron chi connectivity index (χ3n) is 1.84. The van der Waals surface area contributed by atoms with Crippen molar-refractivity contribution in [1.29, 1.82) is 0 Å². The second-order valence-electron chi connectivity index (χ2n) is 4.10. The number of rotatable bonds is 7. The fourth-order valence-electron chi connectivity index (χ4n) is 0.636. The Kier molecular flexibility index (Phi) is 65.8. The molecule has 0 aromatic carbocycles. The zero-order chi connectivity index (χ0) is 17.4. The van der Waals surface area contributed by atoms with Gasteiger partial charge in [-0.2, -0.15) is 0 Å². The summed E-state index contributed by atoms with van der Waals surface area (Å²) in [6.45, 7) is 9.97. The van der Waals surface area contributed by atoms with E-state index in [9.17, 15) is 20.1 Å². The Morgan fingerprint density at radius 2 is 1.05 bits per heavy atom. The molecular weight excluding hydrogens is 363 g/mol. The summed E-state index contributed by atoms with van der Waals surface area (Å²) < 4.78 is 4.40. The minimum absolute atomic E-state index is 0. The van der Waals surface area contributed by atoms with E-state index < -0.39 is 0 Å². The molecule has 0 amide bonds. The van der Waals surface area contributed by atoms with E-state index >= 15 is 0 Å². The van der Waals surface area contributed by atoms with E-state index in [1.54, 1.807) is 6.92 Å². The van der Waals surface area contributed by atoms with Gasteiger partial charge in [0.15, 0.2) is 0 Å². The Balaban J connectivity index is -0.0000000577. The van der Waals surface area contributed by atoms with Crippen molar-refractivity contribution in [3.05, 3.63) is 0 Å². The van der Waals surface area contributed by atoms with Crippen molar-refractivity contribution in [2.24, 2.45) is 0 Å². The van der Waals surface area contributed by atoms with E-state index in [0.717, 1.165) is 38.5 Å². The number of hydrogen-bond acceptors (Lipinski definition) is 5. The second kappa shape index (κ2) is 42.9. The van der Waals surface area contributed by atoms with Gasteiger partial charge in [-0.3, -0.25) is 4.79 Å². The van der Waals surface area contributed by atoms with E-state index in [2.05, 4.69) is 4.74 Å². The largest absolute Gasteiger partial charge is 3.00 e. The van der Waals surface area contributed by atoms with Gasteiger partial charge in [-0.1, -0.05) is 59.3 Å². The third kappa shape index (κ3) is 87.8. The molecule has 22 heavy (non-hydrogen) atoms. The molecule has 0 fully saturated rings. The van der Waals surface area contributed by atoms with E-state index in [1.165, 1.54) is 6.92 Å². The van der Waals surface area contributed by atoms with Crippen molar-refractivity contribution in [3.63, 3.8) is 0 Å². The molecule has 0 rings (SSSR count). The molecule has 0 aromatic heterocycles. The Hall–Kier alpha value is 0.233. The summed E-state index contributed by atoms with van der Waals surface area (Å²) in [6, 6.07) is 0. The SMILES string of the molecule is CCCC[O-].CCCC[O-].CCCC[O-].CCOC(C)=O.[Zr+3]. The number of carbonyl (C=O) groups is 1. The molecule has 0 saturated carbocycles. The fraction of sp³-hybridized carbons (Fsp3) is 0.938. The second-order valence-corrected chi connectivity index (χ2v) is 4.10. The third-order valence-corrected chi connectivity index (χ3v) is 1.84. The van der Waals surface area contributed by atoms with E-state index in [4.69, 9.17) is 0 Å². The maximum atomic E-state index is 9.82. The molecule has 0 aliphatic heterocycles. The average molecular weight is 399 g/mol. The van der Waals surface area contributed by atoms with Crippen LogP contribution in [0.2, 0.25) is 0 Å². The Morgan fingerprint density at radius 1 is 0.773 bits per heavy atom. The van der Waals surface area contributed by atoms with Crippen LogP contribution in [0, 0.1) is 0 Å². The van der Waals surface area contributed by atoms with Gasteiger partial charge in [-0.15, -0.1) is 19.8 Å². The minimum atomic E-state index is -0.211. The molecule has 0 heterocycles. The molecule has 5 nitrogen and oxygen atoms in total. The molecule has 133 valence electrons. The predicted octanol–water partition coefficient (Wildman–Crippen LogP) is 1.01. The van der Waals surface area contributed by atoms with Gasteiger partial charge >= 0.3 is 32.2 Å². The van der Waals surface area contributed by atoms with Crippen LogP contribution in [0.1, 0.15) is 73.1 Å². The van der Waals surface area contributed by atoms with Crippen molar-refractivity contribution in [3.8, 4) is 0 Å². The molecule has 0 aliphatic carbocycles. The quantitative estimate of drug-likeness (QED) is 0.596. The van der Waals surface area contributed by atoms with Crippen LogP contribution in [0.4, 0.5) is 0 Å². The van der Waals surface area contributed by atoms with Crippen LogP contribution in [0.15, 0.2) is 0 Å². The van der Waals surface area contributed by atoms with Crippen molar-refractivity contribution in [2.45, 2.75) is 73.1 Å². The van der Waals surface area contributed by atoms with Gasteiger partial charge in [-0.25, -0.2) is 0 Å². The van der Waals surface area contributed by atoms with Gasteiger partial charge in [0.25, 0.3) is 0 Å². The molecule has 0 bridgehead atoms. The van der Waals surface area contributed by atoms with Crippen LogP contribution in [-0.2, 0) is 35.7 Å². The molecule has 6 heteroatoms. The van der Waals surface area contributed by atoms with Crippen molar-refractivity contribution in [1.82, 2.24) is 0 Å². The monoisotopic (exact) mass is 397 g/mol. The fourth-order valence-corrected chi connectivity index (χ4v) is 0.636. The first-order chi connectivity index (χ1) is 10.0. The number of unbranched alkanes of at least 4 members (excludes halogenated alkanes) is 3. The molecule has 1 radical (unpaired) electrons. The maximum Gasteiger partial charge on any atom is 3.00 e. The summed E-state index contributed by atoms with van der Waals surface area (Å²) in [7, 11) is 0. The Labute approximate surface area is 156 Å². The molecule has 0 unspecified atom stereocenters. The molecule has 0 aliphatic rings. The first-order valence-corrected chi connectivity index (χ1v) is 7.89. The normalized spacial score (nSPS) is 7.82. The van der Waals surface area contributed by atoms with Crippen molar-refractivity contribution >= 4 is 5.97 Å². The first kappa shape index (κ1) is 33.8. The van der Waals surface area contributed by atoms with Crippen LogP contribution >= 0.6 is 0 Å². The first-order valence-electron chi connectivity index (χ1n) is 7.89. The zero-order valence-corrected chi connectivity index (χ0v) is 17.6. The van der Waals surface area contributed by atoms with E-state index in [1.807, 2.05) is 20.8 Å². The van der Waals surface area contributed by atoms with E-state index in [-0.39, 0.29) is 52.0 Å². The van der Waals surface area contributed by atoms with Crippen LogP contribution in [0.25, 0.3) is 0 Å². The van der Waals surface area contributed by atoms with Gasteiger partial charge < -0.3 is 20.1 Å². The molecule has 0 aromatic rings. The number of ether oxygens (including phenoxy) is 1. The van der Waals surface area contributed by atoms with E-state index in [0.29, 0.717) is 6.61 Å². The van der Waals surface area contributed by atoms with Crippen LogP contribution in [0.3, 0.4) is 0 Å². The standard InChI is InChI=1S/C4H8O2.3C4H9O.Zr/c1-3-6-4(2)5;3*1-2-3-4-5;/h3H2,1-2H3;3*2-4H2,1H3;/q;3*-1;+3. The van der Waals surface area contributed by atoms with Crippen LogP contribution in [-0.4, -0.2) is 32.4 Å². The molecule has 0 N–H and O–H groups in total. The van der Waals surface area contributed by atoms with Gasteiger partial charge in [0, 0.05) is 6.92 Å². The van der Waals surface area contributed by atoms with Crippen molar-refractivity contribution in [2.75, 3.05) is 26.4 Å². The molecule has 0 spiro atoms. The smallest absolute Gasteiger partial charge is 0.854 e. The molecular formula is C16H35O5Zr. The zero-order valence-electron chi connectivity index (χ0n) is 15.1. The summed E-state index contributed by atoms with van der Waals surface area (Å²) in [6.07, 6.45) is 5.59. The Bertz CT molecular complexity index is 137. The summed E-state index contributed by atoms with van der Waals surface area (Å²) in [5, 5.41) is 28.6. The van der Waals surface area contributed by atoms with Gasteiger partial charge in [0.05, 0.1) is 6.61 Å². The van der Waals surface area contributed by atoms with Gasteiger partial charge in [0.2, 0.25) is 0 Å². The number of carbonyl (C=O) groups excluding carboxylic acids is 1. The Morgan fingerprint density at radius 3 is 1.05 bits per heavy atom. The summed E-state index contributed by atoms with van der Waals surface area (Å²) in [4.78, 5) is 9.82. The number of esters is 1. The topological polar surface area (TPSA) is 95.5 Å². The summed E-state index contributed by atoms with van der Waals surface area (Å²) >= 11 is 0. The number of hydrogen-bond donors (Lipinski definition) is 0. The minimum Gasteiger partial charge on any atom is -0.854 e. The van der Waals surface area contributed by atoms with Gasteiger partial charge in [0.1, 0.15) is 0 Å². The van der Waals surface area contributed by atoms with Crippen LogP contribution in [0.5, 0.6) is 0 Å². The summed E-state index contributed by atoms with van der Waals surface area (Å²) in [5.74, 6) is -0.211. The van der Waals surface area contributed by atoms with Gasteiger partial charge in [-0.05, 0) is 6.92 Å².